The Labute approximate surface area is 132 Å². The van der Waals surface area contributed by atoms with Crippen LogP contribution in [-0.4, -0.2) is 12.7 Å². The van der Waals surface area contributed by atoms with E-state index in [0.29, 0.717) is 12.3 Å². The second-order valence-electron chi connectivity index (χ2n) is 4.35. The molecule has 0 unspecified atom stereocenters. The predicted octanol–water partition coefficient (Wildman–Crippen LogP) is 5.19. The number of rotatable bonds is 4. The summed E-state index contributed by atoms with van der Waals surface area (Å²) in [6.07, 6.45) is 3.63. The Hall–Kier alpha value is -2.07. The van der Waals surface area contributed by atoms with Crippen LogP contribution in [0.25, 0.3) is 12.2 Å². The number of hydrogen-bond donors (Lipinski definition) is 1. The molecular formula is C17H16BrNO2. The average molecular weight is 346 g/mol. The van der Waals surface area contributed by atoms with Crippen molar-refractivity contribution in [2.45, 2.75) is 6.92 Å². The molecule has 1 N–H and O–H groups in total. The van der Waals surface area contributed by atoms with Gasteiger partial charge in [-0.15, -0.1) is 0 Å². The van der Waals surface area contributed by atoms with E-state index in [2.05, 4.69) is 21.2 Å². The first-order valence-electron chi connectivity index (χ1n) is 6.65. The summed E-state index contributed by atoms with van der Waals surface area (Å²) in [6, 6.07) is 15.7. The lowest BCUT2D eigenvalue weighted by atomic mass is 10.1. The van der Waals surface area contributed by atoms with Crippen molar-refractivity contribution < 1.29 is 9.53 Å². The third kappa shape index (κ3) is 5.08. The molecule has 0 saturated carbocycles. The Balaban J connectivity index is 1.98. The van der Waals surface area contributed by atoms with E-state index in [0.717, 1.165) is 15.6 Å². The first-order valence-corrected chi connectivity index (χ1v) is 7.44. The van der Waals surface area contributed by atoms with Gasteiger partial charge in [-0.25, -0.2) is 4.79 Å². The monoisotopic (exact) mass is 345 g/mol. The maximum Gasteiger partial charge on any atom is 0.411 e. The zero-order valence-electron chi connectivity index (χ0n) is 11.7. The fraction of sp³-hybridized carbons (Fsp3) is 0.118. The van der Waals surface area contributed by atoms with Crippen LogP contribution in [0.5, 0.6) is 0 Å². The van der Waals surface area contributed by atoms with Gasteiger partial charge in [-0.3, -0.25) is 5.32 Å². The number of benzene rings is 2. The molecule has 0 spiro atoms. The zero-order valence-corrected chi connectivity index (χ0v) is 13.3. The summed E-state index contributed by atoms with van der Waals surface area (Å²) < 4.78 is 5.89. The zero-order chi connectivity index (χ0) is 15.1. The van der Waals surface area contributed by atoms with Gasteiger partial charge in [-0.2, -0.15) is 0 Å². The summed E-state index contributed by atoms with van der Waals surface area (Å²) in [5.74, 6) is 0. The highest BCUT2D eigenvalue weighted by Crippen LogP contribution is 2.15. The van der Waals surface area contributed by atoms with E-state index in [1.165, 1.54) is 0 Å². The number of carbonyl (C=O) groups is 1. The molecule has 0 aliphatic carbocycles. The number of halogens is 1. The molecular weight excluding hydrogens is 330 g/mol. The molecule has 0 radical (unpaired) electrons. The highest BCUT2D eigenvalue weighted by molar-refractivity contribution is 9.10. The van der Waals surface area contributed by atoms with Gasteiger partial charge in [0.15, 0.2) is 0 Å². The van der Waals surface area contributed by atoms with E-state index in [-0.39, 0.29) is 0 Å². The van der Waals surface area contributed by atoms with Gasteiger partial charge in [0.05, 0.1) is 6.61 Å². The van der Waals surface area contributed by atoms with Gasteiger partial charge < -0.3 is 4.74 Å². The molecule has 2 aromatic rings. The molecule has 3 nitrogen and oxygen atoms in total. The van der Waals surface area contributed by atoms with Crippen LogP contribution in [0.1, 0.15) is 18.1 Å². The maximum absolute atomic E-state index is 11.3. The molecule has 21 heavy (non-hydrogen) atoms. The predicted molar refractivity (Wildman–Crippen MR) is 90.2 cm³/mol. The van der Waals surface area contributed by atoms with Gasteiger partial charge in [0.2, 0.25) is 0 Å². The Morgan fingerprint density at radius 2 is 1.57 bits per heavy atom. The molecule has 0 fully saturated rings. The van der Waals surface area contributed by atoms with Gasteiger partial charge >= 0.3 is 6.09 Å². The Kier molecular flexibility index (Phi) is 5.58. The van der Waals surface area contributed by atoms with Crippen molar-refractivity contribution in [1.29, 1.82) is 0 Å². The topological polar surface area (TPSA) is 38.3 Å². The largest absolute Gasteiger partial charge is 0.450 e. The van der Waals surface area contributed by atoms with Crippen molar-refractivity contribution in [2.24, 2.45) is 0 Å². The molecule has 0 atom stereocenters. The summed E-state index contributed by atoms with van der Waals surface area (Å²) >= 11 is 3.41. The summed E-state index contributed by atoms with van der Waals surface area (Å²) in [5.41, 5.74) is 2.91. The van der Waals surface area contributed by atoms with Crippen molar-refractivity contribution in [2.75, 3.05) is 11.9 Å². The number of amides is 1. The molecule has 2 aromatic carbocycles. The number of nitrogens with one attached hydrogen (secondary N) is 1. The molecule has 0 aliphatic rings. The second kappa shape index (κ2) is 7.64. The molecule has 0 aromatic heterocycles. The minimum Gasteiger partial charge on any atom is -0.450 e. The Morgan fingerprint density at radius 3 is 2.10 bits per heavy atom. The van der Waals surface area contributed by atoms with E-state index >= 15 is 0 Å². The van der Waals surface area contributed by atoms with E-state index in [4.69, 9.17) is 4.74 Å². The van der Waals surface area contributed by atoms with Crippen LogP contribution in [0.15, 0.2) is 53.0 Å². The van der Waals surface area contributed by atoms with Gasteiger partial charge in [0, 0.05) is 10.2 Å². The average Bonchev–Trinajstić information content (AvgIpc) is 2.48. The molecule has 2 rings (SSSR count). The van der Waals surface area contributed by atoms with E-state index in [1.54, 1.807) is 6.92 Å². The molecule has 108 valence electrons. The van der Waals surface area contributed by atoms with Crippen molar-refractivity contribution in [3.8, 4) is 0 Å². The first kappa shape index (κ1) is 15.3. The van der Waals surface area contributed by atoms with Gasteiger partial charge in [-0.05, 0) is 42.3 Å². The molecule has 1 amide bonds. The third-order valence-electron chi connectivity index (χ3n) is 2.77. The van der Waals surface area contributed by atoms with Crippen LogP contribution in [0.2, 0.25) is 0 Å². The molecule has 4 heteroatoms. The minimum absolute atomic E-state index is 0.361. The van der Waals surface area contributed by atoms with Crippen molar-refractivity contribution in [3.63, 3.8) is 0 Å². The molecule has 0 bridgehead atoms. The number of anilines is 1. The number of carbonyl (C=O) groups excluding carboxylic acids is 1. The number of ether oxygens (including phenoxy) is 1. The highest BCUT2D eigenvalue weighted by Gasteiger charge is 2.00. The van der Waals surface area contributed by atoms with Crippen LogP contribution in [0.4, 0.5) is 10.5 Å². The highest BCUT2D eigenvalue weighted by atomic mass is 79.9. The lowest BCUT2D eigenvalue weighted by Crippen LogP contribution is -2.12. The van der Waals surface area contributed by atoms with Crippen LogP contribution >= 0.6 is 15.9 Å². The van der Waals surface area contributed by atoms with Crippen LogP contribution in [0, 0.1) is 0 Å². The third-order valence-corrected chi connectivity index (χ3v) is 3.30. The number of hydrogen-bond acceptors (Lipinski definition) is 2. The van der Waals surface area contributed by atoms with Gasteiger partial charge in [-0.1, -0.05) is 52.3 Å². The lowest BCUT2D eigenvalue weighted by Gasteiger charge is -2.05. The standard InChI is InChI=1S/C17H16BrNO2/c1-2-21-17(20)19-16-11-7-14(8-12-16)4-3-13-5-9-15(18)10-6-13/h3-12H,2H2,1H3,(H,19,20). The fourth-order valence-corrected chi connectivity index (χ4v) is 1.99. The lowest BCUT2D eigenvalue weighted by molar-refractivity contribution is 0.168. The van der Waals surface area contributed by atoms with Gasteiger partial charge in [0.25, 0.3) is 0 Å². The maximum atomic E-state index is 11.3. The van der Waals surface area contributed by atoms with E-state index in [9.17, 15) is 4.79 Å². The first-order chi connectivity index (χ1) is 10.2. The van der Waals surface area contributed by atoms with Crippen molar-refractivity contribution in [1.82, 2.24) is 0 Å². The van der Waals surface area contributed by atoms with E-state index < -0.39 is 6.09 Å². The second-order valence-corrected chi connectivity index (χ2v) is 5.27. The van der Waals surface area contributed by atoms with Crippen LogP contribution in [-0.2, 0) is 4.74 Å². The van der Waals surface area contributed by atoms with Crippen LogP contribution < -0.4 is 5.32 Å². The molecule has 0 heterocycles. The van der Waals surface area contributed by atoms with Gasteiger partial charge in [0.1, 0.15) is 0 Å². The summed E-state index contributed by atoms with van der Waals surface area (Å²) in [4.78, 5) is 11.3. The Morgan fingerprint density at radius 1 is 1.05 bits per heavy atom. The smallest absolute Gasteiger partial charge is 0.411 e. The summed E-state index contributed by atoms with van der Waals surface area (Å²) in [7, 11) is 0. The van der Waals surface area contributed by atoms with Crippen molar-refractivity contribution in [3.05, 3.63) is 64.1 Å². The quantitative estimate of drug-likeness (QED) is 0.774. The minimum atomic E-state index is -0.435. The normalized spacial score (nSPS) is 10.6. The molecule has 0 aliphatic heterocycles. The Bertz CT molecular complexity index is 618. The van der Waals surface area contributed by atoms with E-state index in [1.807, 2.05) is 60.7 Å². The summed E-state index contributed by atoms with van der Waals surface area (Å²) in [6.45, 7) is 2.13. The van der Waals surface area contributed by atoms with Crippen LogP contribution in [0.3, 0.4) is 0 Å². The molecule has 0 saturated heterocycles. The van der Waals surface area contributed by atoms with Crippen molar-refractivity contribution >= 4 is 39.9 Å². The fourth-order valence-electron chi connectivity index (χ4n) is 1.73. The summed E-state index contributed by atoms with van der Waals surface area (Å²) in [5, 5.41) is 2.66. The SMILES string of the molecule is CCOC(=O)Nc1ccc(C=Cc2ccc(Br)cc2)cc1.